The van der Waals surface area contributed by atoms with Crippen LogP contribution in [-0.2, 0) is 9.59 Å². The highest BCUT2D eigenvalue weighted by Gasteiger charge is 2.44. The number of carbonyl (C=O) groups is 2. The predicted molar refractivity (Wildman–Crippen MR) is 71.8 cm³/mol. The molecule has 5 nitrogen and oxygen atoms in total. The molecule has 1 amide bonds. The van der Waals surface area contributed by atoms with Crippen molar-refractivity contribution in [3.8, 4) is 0 Å². The van der Waals surface area contributed by atoms with Crippen molar-refractivity contribution in [3.05, 3.63) is 0 Å². The lowest BCUT2D eigenvalue weighted by Crippen LogP contribution is -2.52. The van der Waals surface area contributed by atoms with E-state index in [9.17, 15) is 14.7 Å². The van der Waals surface area contributed by atoms with E-state index in [0.717, 1.165) is 32.4 Å². The molecule has 5 heteroatoms. The van der Waals surface area contributed by atoms with E-state index in [1.165, 1.54) is 0 Å². The molecule has 0 bridgehead atoms. The molecule has 0 aromatic heterocycles. The third-order valence-electron chi connectivity index (χ3n) is 4.71. The van der Waals surface area contributed by atoms with Crippen LogP contribution in [0.3, 0.4) is 0 Å². The van der Waals surface area contributed by atoms with Gasteiger partial charge in [0.15, 0.2) is 0 Å². The molecule has 2 heterocycles. The Morgan fingerprint density at radius 3 is 2.47 bits per heavy atom. The van der Waals surface area contributed by atoms with E-state index in [2.05, 4.69) is 6.92 Å². The van der Waals surface area contributed by atoms with Crippen LogP contribution < -0.4 is 0 Å². The SMILES string of the molecule is CC1CCN(C(=O)CN2CCCC2(C)C(=O)O)CC1. The summed E-state index contributed by atoms with van der Waals surface area (Å²) in [5.41, 5.74) is -0.862. The summed E-state index contributed by atoms with van der Waals surface area (Å²) < 4.78 is 0. The normalized spacial score (nSPS) is 29.7. The van der Waals surface area contributed by atoms with Gasteiger partial charge in [0.25, 0.3) is 0 Å². The number of rotatable bonds is 3. The molecule has 2 rings (SSSR count). The summed E-state index contributed by atoms with van der Waals surface area (Å²) in [7, 11) is 0. The van der Waals surface area contributed by atoms with E-state index in [1.54, 1.807) is 6.92 Å². The average Bonchev–Trinajstić information content (AvgIpc) is 2.73. The number of nitrogens with zero attached hydrogens (tertiary/aromatic N) is 2. The van der Waals surface area contributed by atoms with Gasteiger partial charge in [-0.1, -0.05) is 6.92 Å². The van der Waals surface area contributed by atoms with Gasteiger partial charge in [0.05, 0.1) is 6.54 Å². The monoisotopic (exact) mass is 268 g/mol. The van der Waals surface area contributed by atoms with Crippen molar-refractivity contribution in [1.29, 1.82) is 0 Å². The average molecular weight is 268 g/mol. The first-order valence-electron chi connectivity index (χ1n) is 7.19. The molecule has 0 aromatic carbocycles. The highest BCUT2D eigenvalue weighted by Crippen LogP contribution is 2.29. The van der Waals surface area contributed by atoms with Crippen LogP contribution in [0, 0.1) is 5.92 Å². The Kier molecular flexibility index (Phi) is 4.13. The molecule has 0 radical (unpaired) electrons. The molecule has 0 aliphatic carbocycles. The second-order valence-corrected chi connectivity index (χ2v) is 6.17. The molecule has 0 spiro atoms. The first-order valence-corrected chi connectivity index (χ1v) is 7.19. The highest BCUT2D eigenvalue weighted by atomic mass is 16.4. The summed E-state index contributed by atoms with van der Waals surface area (Å²) in [5.74, 6) is -0.0357. The molecule has 0 aromatic rings. The second kappa shape index (κ2) is 5.49. The van der Waals surface area contributed by atoms with Gasteiger partial charge in [-0.2, -0.15) is 0 Å². The fourth-order valence-corrected chi connectivity index (χ4v) is 3.04. The number of likely N-dealkylation sites (tertiary alicyclic amines) is 2. The number of hydrogen-bond acceptors (Lipinski definition) is 3. The van der Waals surface area contributed by atoms with Gasteiger partial charge in [0.1, 0.15) is 5.54 Å². The van der Waals surface area contributed by atoms with Gasteiger partial charge >= 0.3 is 5.97 Å². The van der Waals surface area contributed by atoms with E-state index in [-0.39, 0.29) is 12.5 Å². The Bertz CT molecular complexity index is 364. The molecule has 2 saturated heterocycles. The van der Waals surface area contributed by atoms with Crippen molar-refractivity contribution in [1.82, 2.24) is 9.80 Å². The molecule has 1 unspecified atom stereocenters. The molecular formula is C14H24N2O3. The first-order chi connectivity index (χ1) is 8.93. The van der Waals surface area contributed by atoms with E-state index < -0.39 is 11.5 Å². The number of carboxylic acids is 1. The number of piperidine rings is 1. The summed E-state index contributed by atoms with van der Waals surface area (Å²) in [5, 5.41) is 9.33. The molecule has 2 fully saturated rings. The maximum Gasteiger partial charge on any atom is 0.323 e. The van der Waals surface area contributed by atoms with Crippen LogP contribution in [0.4, 0.5) is 0 Å². The lowest BCUT2D eigenvalue weighted by atomic mass is 9.98. The summed E-state index contributed by atoms with van der Waals surface area (Å²) >= 11 is 0. The number of carboxylic acid groups (broad SMARTS) is 1. The van der Waals surface area contributed by atoms with E-state index in [4.69, 9.17) is 0 Å². The largest absolute Gasteiger partial charge is 0.480 e. The maximum atomic E-state index is 12.3. The van der Waals surface area contributed by atoms with Crippen molar-refractivity contribution in [3.63, 3.8) is 0 Å². The van der Waals surface area contributed by atoms with E-state index in [0.29, 0.717) is 18.9 Å². The zero-order valence-corrected chi connectivity index (χ0v) is 11.9. The Morgan fingerprint density at radius 1 is 1.26 bits per heavy atom. The second-order valence-electron chi connectivity index (χ2n) is 6.17. The summed E-state index contributed by atoms with van der Waals surface area (Å²) in [6.07, 6.45) is 3.60. The zero-order chi connectivity index (χ0) is 14.0. The number of hydrogen-bond donors (Lipinski definition) is 1. The maximum absolute atomic E-state index is 12.3. The van der Waals surface area contributed by atoms with Crippen LogP contribution in [0.5, 0.6) is 0 Å². The standard InChI is InChI=1S/C14H24N2O3/c1-11-4-8-15(9-5-11)12(17)10-16-7-3-6-14(16,2)13(18)19/h11H,3-10H2,1-2H3,(H,18,19). The van der Waals surface area contributed by atoms with Crippen LogP contribution in [-0.4, -0.2) is 58.5 Å². The van der Waals surface area contributed by atoms with Crippen LogP contribution in [0.1, 0.15) is 39.5 Å². The quantitative estimate of drug-likeness (QED) is 0.835. The molecular weight excluding hydrogens is 244 g/mol. The van der Waals surface area contributed by atoms with Gasteiger partial charge in [0, 0.05) is 13.1 Å². The van der Waals surface area contributed by atoms with Gasteiger partial charge < -0.3 is 10.0 Å². The molecule has 19 heavy (non-hydrogen) atoms. The minimum absolute atomic E-state index is 0.0845. The van der Waals surface area contributed by atoms with Gasteiger partial charge in [0.2, 0.25) is 5.91 Å². The lowest BCUT2D eigenvalue weighted by molar-refractivity contribution is -0.150. The third-order valence-corrected chi connectivity index (χ3v) is 4.71. The lowest BCUT2D eigenvalue weighted by Gasteiger charge is -2.35. The van der Waals surface area contributed by atoms with Gasteiger partial charge in [-0.15, -0.1) is 0 Å². The molecule has 1 N–H and O–H groups in total. The molecule has 108 valence electrons. The van der Waals surface area contributed by atoms with Crippen molar-refractivity contribution >= 4 is 11.9 Å². The summed E-state index contributed by atoms with van der Waals surface area (Å²) in [6.45, 7) is 6.53. The fraction of sp³-hybridized carbons (Fsp3) is 0.857. The Balaban J connectivity index is 1.93. The highest BCUT2D eigenvalue weighted by molar-refractivity contribution is 5.82. The van der Waals surface area contributed by atoms with E-state index in [1.807, 2.05) is 9.80 Å². The number of amides is 1. The minimum Gasteiger partial charge on any atom is -0.480 e. The number of aliphatic carboxylic acids is 1. The number of carbonyl (C=O) groups excluding carboxylic acids is 1. The van der Waals surface area contributed by atoms with Crippen molar-refractivity contribution in [2.24, 2.45) is 5.92 Å². The smallest absolute Gasteiger partial charge is 0.323 e. The molecule has 0 saturated carbocycles. The molecule has 2 aliphatic rings. The summed E-state index contributed by atoms with van der Waals surface area (Å²) in [4.78, 5) is 27.3. The van der Waals surface area contributed by atoms with Crippen molar-refractivity contribution < 1.29 is 14.7 Å². The third kappa shape index (κ3) is 2.91. The fourth-order valence-electron chi connectivity index (χ4n) is 3.04. The minimum atomic E-state index is -0.862. The van der Waals surface area contributed by atoms with Gasteiger partial charge in [-0.25, -0.2) is 0 Å². The van der Waals surface area contributed by atoms with Crippen molar-refractivity contribution in [2.45, 2.75) is 45.1 Å². The molecule has 1 atom stereocenters. The Hall–Kier alpha value is -1.10. The Labute approximate surface area is 114 Å². The Morgan fingerprint density at radius 2 is 1.89 bits per heavy atom. The van der Waals surface area contributed by atoms with Crippen LogP contribution >= 0.6 is 0 Å². The topological polar surface area (TPSA) is 60.9 Å². The van der Waals surface area contributed by atoms with E-state index >= 15 is 0 Å². The first kappa shape index (κ1) is 14.3. The van der Waals surface area contributed by atoms with Crippen LogP contribution in [0.2, 0.25) is 0 Å². The van der Waals surface area contributed by atoms with Crippen LogP contribution in [0.15, 0.2) is 0 Å². The van der Waals surface area contributed by atoms with Gasteiger partial charge in [-0.3, -0.25) is 14.5 Å². The summed E-state index contributed by atoms with van der Waals surface area (Å²) in [6, 6.07) is 0. The van der Waals surface area contributed by atoms with Crippen molar-refractivity contribution in [2.75, 3.05) is 26.2 Å². The van der Waals surface area contributed by atoms with Crippen LogP contribution in [0.25, 0.3) is 0 Å². The van der Waals surface area contributed by atoms with Gasteiger partial charge in [-0.05, 0) is 45.1 Å². The molecule has 2 aliphatic heterocycles. The zero-order valence-electron chi connectivity index (χ0n) is 11.9. The predicted octanol–water partition coefficient (Wildman–Crippen LogP) is 1.18.